The molecule has 0 amide bonds. The molecule has 0 saturated heterocycles. The fourth-order valence-corrected chi connectivity index (χ4v) is 5.77. The van der Waals surface area contributed by atoms with Crippen molar-refractivity contribution < 1.29 is 30.0 Å². The maximum absolute atomic E-state index is 10.0. The van der Waals surface area contributed by atoms with Gasteiger partial charge >= 0.3 is 0 Å². The molecule has 1 N–H and O–H groups in total. The third-order valence-corrected chi connectivity index (χ3v) is 7.71. The van der Waals surface area contributed by atoms with Gasteiger partial charge in [0.2, 0.25) is 0 Å². The molecule has 0 spiro atoms. The third kappa shape index (κ3) is 8.46. The number of carbonyl (C=O) groups excluding carboxylic acids is 1. The summed E-state index contributed by atoms with van der Waals surface area (Å²) in [6.45, 7) is 23.0. The van der Waals surface area contributed by atoms with Crippen molar-refractivity contribution in [3.05, 3.63) is 88.3 Å². The van der Waals surface area contributed by atoms with E-state index in [1.165, 1.54) is 62.7 Å². The largest absolute Gasteiger partial charge is 0.512 e. The number of fused-ring (bicyclic) bond motifs is 1. The number of rotatable bonds is 3. The molecule has 3 nitrogen and oxygen atoms in total. The van der Waals surface area contributed by atoms with Crippen LogP contribution in [0, 0.1) is 26.8 Å². The first-order valence-corrected chi connectivity index (χ1v) is 14.2. The molecule has 215 valence electrons. The van der Waals surface area contributed by atoms with Crippen LogP contribution in [-0.4, -0.2) is 15.9 Å². The SMILES string of the molecule is CC(=O)/C=C(/C)O.Cc1[c-]c(-c2cc3cc(-c4c(C)cc(C(C)(C)C)cc4C)sc3cn2)cc(C(C)(C)C)c1.[Ir]. The topological polar surface area (TPSA) is 50.2 Å². The second kappa shape index (κ2) is 12.9. The van der Waals surface area contributed by atoms with Gasteiger partial charge in [0.25, 0.3) is 0 Å². The van der Waals surface area contributed by atoms with E-state index in [2.05, 4.69) is 105 Å². The minimum absolute atomic E-state index is 0. The first-order chi connectivity index (χ1) is 18.0. The minimum atomic E-state index is -0.125. The van der Waals surface area contributed by atoms with Crippen LogP contribution >= 0.6 is 11.3 Å². The zero-order chi connectivity index (χ0) is 29.3. The van der Waals surface area contributed by atoms with E-state index in [0.717, 1.165) is 16.8 Å². The smallest absolute Gasteiger partial charge is 0.155 e. The molecule has 40 heavy (non-hydrogen) atoms. The Kier molecular flexibility index (Phi) is 10.9. The van der Waals surface area contributed by atoms with E-state index in [4.69, 9.17) is 10.1 Å². The van der Waals surface area contributed by atoms with Gasteiger partial charge in [0.1, 0.15) is 0 Å². The van der Waals surface area contributed by atoms with Gasteiger partial charge in [-0.05, 0) is 77.9 Å². The van der Waals surface area contributed by atoms with Gasteiger partial charge in [0, 0.05) is 37.3 Å². The monoisotopic (exact) mass is 733 g/mol. The van der Waals surface area contributed by atoms with Crippen molar-refractivity contribution in [1.29, 1.82) is 0 Å². The van der Waals surface area contributed by atoms with Crippen LogP contribution in [0.3, 0.4) is 0 Å². The number of benzene rings is 2. The van der Waals surface area contributed by atoms with Crippen molar-refractivity contribution >= 4 is 27.2 Å². The van der Waals surface area contributed by atoms with E-state index < -0.39 is 0 Å². The maximum atomic E-state index is 10.0. The standard InChI is InChI=1S/C30H34NS.C5H8O2.Ir/c1-18-10-21(14-23(11-18)29(4,5)6)25-15-22-16-26(32-27(22)17-31-25)28-19(2)12-24(13-20(28)3)30(7,8)9;1-4(6)3-5(2)7;/h11-17H,1-9H3;3,6H,1-2H3;/q-1;;/b;4-3-;. The zero-order valence-electron chi connectivity index (χ0n) is 25.7. The number of aliphatic hydroxyl groups is 1. The van der Waals surface area contributed by atoms with Gasteiger partial charge in [-0.15, -0.1) is 46.2 Å². The molecule has 1 radical (unpaired) electrons. The van der Waals surface area contributed by atoms with E-state index in [9.17, 15) is 4.79 Å². The van der Waals surface area contributed by atoms with Crippen molar-refractivity contribution in [2.24, 2.45) is 0 Å². The molecule has 2 aromatic carbocycles. The average molecular weight is 733 g/mol. The third-order valence-electron chi connectivity index (χ3n) is 6.61. The Morgan fingerprint density at radius 3 is 1.90 bits per heavy atom. The minimum Gasteiger partial charge on any atom is -0.512 e. The van der Waals surface area contributed by atoms with Gasteiger partial charge in [-0.25, -0.2) is 0 Å². The van der Waals surface area contributed by atoms with E-state index in [-0.39, 0.29) is 42.5 Å². The Hall–Kier alpha value is -2.59. The van der Waals surface area contributed by atoms with E-state index in [0.29, 0.717) is 0 Å². The van der Waals surface area contributed by atoms with E-state index in [1.54, 1.807) is 0 Å². The molecule has 2 aromatic heterocycles. The zero-order valence-corrected chi connectivity index (χ0v) is 28.9. The molecule has 4 rings (SSSR count). The number of allylic oxidation sites excluding steroid dienone is 2. The number of carbonyl (C=O) groups is 1. The van der Waals surface area contributed by atoms with Gasteiger partial charge in [0.05, 0.1) is 10.5 Å². The Balaban J connectivity index is 0.000000623. The molecule has 0 fully saturated rings. The number of aromatic nitrogens is 1. The van der Waals surface area contributed by atoms with Crippen molar-refractivity contribution in [3.8, 4) is 21.7 Å². The maximum Gasteiger partial charge on any atom is 0.155 e. The summed E-state index contributed by atoms with van der Waals surface area (Å²) in [5.41, 5.74) is 10.2. The molecule has 0 aliphatic carbocycles. The van der Waals surface area contributed by atoms with Crippen molar-refractivity contribution in [1.82, 2.24) is 4.98 Å². The van der Waals surface area contributed by atoms with Crippen LogP contribution in [-0.2, 0) is 35.7 Å². The summed E-state index contributed by atoms with van der Waals surface area (Å²) in [4.78, 5) is 16.2. The van der Waals surface area contributed by atoms with Crippen LogP contribution in [0.25, 0.3) is 31.8 Å². The molecule has 0 aliphatic heterocycles. The van der Waals surface area contributed by atoms with Crippen molar-refractivity contribution in [2.75, 3.05) is 0 Å². The van der Waals surface area contributed by atoms with Crippen LogP contribution in [0.4, 0.5) is 0 Å². The first kappa shape index (κ1) is 33.6. The second-order valence-electron chi connectivity index (χ2n) is 12.6. The molecule has 0 aliphatic rings. The number of thiophene rings is 1. The quantitative estimate of drug-likeness (QED) is 0.130. The summed E-state index contributed by atoms with van der Waals surface area (Å²) < 4.78 is 1.23. The predicted molar refractivity (Wildman–Crippen MR) is 168 cm³/mol. The van der Waals surface area contributed by atoms with Gasteiger partial charge in [-0.2, -0.15) is 0 Å². The van der Waals surface area contributed by atoms with Crippen molar-refractivity contribution in [3.63, 3.8) is 0 Å². The van der Waals surface area contributed by atoms with Crippen molar-refractivity contribution in [2.45, 2.75) is 87.0 Å². The van der Waals surface area contributed by atoms with Gasteiger partial charge < -0.3 is 10.1 Å². The number of aliphatic hydroxyl groups excluding tert-OH is 1. The number of aryl methyl sites for hydroxylation is 3. The Bertz CT molecular complexity index is 1520. The fourth-order valence-electron chi connectivity index (χ4n) is 4.58. The van der Waals surface area contributed by atoms with Gasteiger partial charge in [0.15, 0.2) is 5.78 Å². The van der Waals surface area contributed by atoms with Crippen LogP contribution < -0.4 is 0 Å². The second-order valence-corrected chi connectivity index (χ2v) is 13.6. The Morgan fingerprint density at radius 2 is 1.43 bits per heavy atom. The van der Waals surface area contributed by atoms with Gasteiger partial charge in [-0.3, -0.25) is 4.79 Å². The summed E-state index contributed by atoms with van der Waals surface area (Å²) in [7, 11) is 0. The summed E-state index contributed by atoms with van der Waals surface area (Å²) >= 11 is 1.83. The first-order valence-electron chi connectivity index (χ1n) is 13.4. The molecular formula is C35H42IrNO2S-. The number of ketones is 1. The summed E-state index contributed by atoms with van der Waals surface area (Å²) in [5.74, 6) is -0.0625. The number of hydrogen-bond donors (Lipinski definition) is 1. The molecule has 2 heterocycles. The molecule has 0 saturated carbocycles. The van der Waals surface area contributed by atoms with Crippen LogP contribution in [0.1, 0.15) is 83.2 Å². The number of pyridine rings is 1. The molecule has 0 unspecified atom stereocenters. The number of nitrogens with zero attached hydrogens (tertiary/aromatic N) is 1. The molecule has 0 bridgehead atoms. The summed E-state index contributed by atoms with van der Waals surface area (Å²) in [5, 5.41) is 9.61. The van der Waals surface area contributed by atoms with Crippen LogP contribution in [0.15, 0.2) is 54.4 Å². The molecular weight excluding hydrogens is 691 g/mol. The average Bonchev–Trinajstić information content (AvgIpc) is 3.19. The van der Waals surface area contributed by atoms with E-state index in [1.807, 2.05) is 17.5 Å². The molecule has 0 atom stereocenters. The van der Waals surface area contributed by atoms with Crippen LogP contribution in [0.5, 0.6) is 0 Å². The summed E-state index contributed by atoms with van der Waals surface area (Å²) in [6, 6.07) is 17.3. The van der Waals surface area contributed by atoms with Gasteiger partial charge in [-0.1, -0.05) is 66.7 Å². The molecule has 5 heteroatoms. The predicted octanol–water partition coefficient (Wildman–Crippen LogP) is 9.99. The Morgan fingerprint density at radius 1 is 0.875 bits per heavy atom. The number of hydrogen-bond acceptors (Lipinski definition) is 4. The Labute approximate surface area is 258 Å². The normalized spacial score (nSPS) is 12.0. The molecule has 4 aromatic rings. The fraction of sp³-hybridized carbons (Fsp3) is 0.371. The van der Waals surface area contributed by atoms with Crippen LogP contribution in [0.2, 0.25) is 0 Å². The van der Waals surface area contributed by atoms with E-state index >= 15 is 0 Å². The summed E-state index contributed by atoms with van der Waals surface area (Å²) in [6.07, 6.45) is 3.19.